The van der Waals surface area contributed by atoms with Gasteiger partial charge in [-0.15, -0.1) is 5.10 Å². The summed E-state index contributed by atoms with van der Waals surface area (Å²) in [6.45, 7) is 6.44. The van der Waals surface area contributed by atoms with Gasteiger partial charge in [-0.2, -0.15) is 0 Å². The maximum Gasteiger partial charge on any atom is 0.329 e. The van der Waals surface area contributed by atoms with E-state index in [0.29, 0.717) is 18.8 Å². The molecule has 0 aliphatic carbocycles. The lowest BCUT2D eigenvalue weighted by atomic mass is 10.1. The van der Waals surface area contributed by atoms with Crippen LogP contribution in [0.3, 0.4) is 0 Å². The Kier molecular flexibility index (Phi) is 6.44. The van der Waals surface area contributed by atoms with Crippen LogP contribution in [0.25, 0.3) is 0 Å². The molecule has 0 spiro atoms. The Balaban J connectivity index is 2.84. The van der Waals surface area contributed by atoms with Crippen molar-refractivity contribution < 1.29 is 14.6 Å². The highest BCUT2D eigenvalue weighted by Crippen LogP contribution is 2.13. The average molecular weight is 270 g/mol. The molecule has 0 saturated heterocycles. The number of esters is 1. The summed E-state index contributed by atoms with van der Waals surface area (Å²) >= 11 is 0. The van der Waals surface area contributed by atoms with Crippen molar-refractivity contribution in [3.63, 3.8) is 0 Å². The molecule has 0 saturated carbocycles. The Morgan fingerprint density at radius 2 is 2.32 bits per heavy atom. The lowest BCUT2D eigenvalue weighted by molar-refractivity contribution is -0.146. The molecule has 7 heteroatoms. The third kappa shape index (κ3) is 4.60. The number of hydrogen-bond donors (Lipinski definition) is 2. The van der Waals surface area contributed by atoms with Gasteiger partial charge in [0, 0.05) is 6.04 Å². The van der Waals surface area contributed by atoms with Gasteiger partial charge < -0.3 is 9.84 Å². The van der Waals surface area contributed by atoms with Crippen LogP contribution < -0.4 is 5.32 Å². The number of aliphatic hydroxyl groups excluding tert-OH is 1. The summed E-state index contributed by atoms with van der Waals surface area (Å²) in [4.78, 5) is 12.0. The minimum absolute atomic E-state index is 0.0222. The third-order valence-corrected chi connectivity index (χ3v) is 2.77. The fourth-order valence-corrected chi connectivity index (χ4v) is 1.56. The normalized spacial score (nSPS) is 14.1. The van der Waals surface area contributed by atoms with Crippen LogP contribution in [0.1, 0.15) is 38.9 Å². The number of rotatable bonds is 8. The van der Waals surface area contributed by atoms with Crippen LogP contribution in [0, 0.1) is 0 Å². The van der Waals surface area contributed by atoms with Crippen LogP contribution in [0.4, 0.5) is 0 Å². The smallest absolute Gasteiger partial charge is 0.329 e. The predicted molar refractivity (Wildman–Crippen MR) is 69.4 cm³/mol. The Hall–Kier alpha value is -1.47. The summed E-state index contributed by atoms with van der Waals surface area (Å²) in [7, 11) is 0. The molecular formula is C12H22N4O3. The summed E-state index contributed by atoms with van der Waals surface area (Å²) in [6, 6.07) is -0.459. The maximum absolute atomic E-state index is 12.0. The SMILES string of the molecule is CCOC(=O)C(NC(C)CC)c1cn(CCO)nn1. The minimum Gasteiger partial charge on any atom is -0.465 e. The van der Waals surface area contributed by atoms with Crippen molar-refractivity contribution in [3.05, 3.63) is 11.9 Å². The van der Waals surface area contributed by atoms with Crippen molar-refractivity contribution in [2.75, 3.05) is 13.2 Å². The van der Waals surface area contributed by atoms with Gasteiger partial charge in [0.2, 0.25) is 0 Å². The second kappa shape index (κ2) is 7.85. The summed E-state index contributed by atoms with van der Waals surface area (Å²) < 4.78 is 6.55. The third-order valence-electron chi connectivity index (χ3n) is 2.77. The van der Waals surface area contributed by atoms with Crippen LogP contribution >= 0.6 is 0 Å². The molecule has 1 aromatic heterocycles. The molecule has 2 unspecified atom stereocenters. The molecule has 0 aliphatic rings. The van der Waals surface area contributed by atoms with E-state index in [0.717, 1.165) is 6.42 Å². The monoisotopic (exact) mass is 270 g/mol. The van der Waals surface area contributed by atoms with Crippen LogP contribution in [0.5, 0.6) is 0 Å². The Labute approximate surface area is 112 Å². The Morgan fingerprint density at radius 3 is 2.89 bits per heavy atom. The highest BCUT2D eigenvalue weighted by Gasteiger charge is 2.26. The second-order valence-corrected chi connectivity index (χ2v) is 4.29. The highest BCUT2D eigenvalue weighted by molar-refractivity contribution is 5.76. The van der Waals surface area contributed by atoms with Crippen molar-refractivity contribution in [2.24, 2.45) is 0 Å². The van der Waals surface area contributed by atoms with E-state index < -0.39 is 6.04 Å². The van der Waals surface area contributed by atoms with E-state index in [1.54, 1.807) is 13.1 Å². The summed E-state index contributed by atoms with van der Waals surface area (Å²) in [5.41, 5.74) is 0.507. The molecule has 2 N–H and O–H groups in total. The van der Waals surface area contributed by atoms with Gasteiger partial charge in [-0.1, -0.05) is 12.1 Å². The number of aliphatic hydroxyl groups is 1. The van der Waals surface area contributed by atoms with Crippen molar-refractivity contribution >= 4 is 5.97 Å². The molecule has 0 amide bonds. The Morgan fingerprint density at radius 1 is 1.58 bits per heavy atom. The fraction of sp³-hybridized carbons (Fsp3) is 0.750. The molecule has 1 aromatic rings. The van der Waals surface area contributed by atoms with Crippen molar-refractivity contribution in [3.8, 4) is 0 Å². The molecule has 7 nitrogen and oxygen atoms in total. The first-order valence-corrected chi connectivity index (χ1v) is 6.55. The topological polar surface area (TPSA) is 89.3 Å². The first kappa shape index (κ1) is 15.6. The molecular weight excluding hydrogens is 248 g/mol. The van der Waals surface area contributed by atoms with Crippen molar-refractivity contribution in [2.45, 2.75) is 45.8 Å². The van der Waals surface area contributed by atoms with Gasteiger partial charge in [0.15, 0.2) is 6.04 Å². The maximum atomic E-state index is 12.0. The van der Waals surface area contributed by atoms with Gasteiger partial charge in [-0.05, 0) is 20.3 Å². The van der Waals surface area contributed by atoms with E-state index in [4.69, 9.17) is 9.84 Å². The van der Waals surface area contributed by atoms with Gasteiger partial charge in [-0.25, -0.2) is 9.48 Å². The van der Waals surface area contributed by atoms with Gasteiger partial charge >= 0.3 is 5.97 Å². The van der Waals surface area contributed by atoms with Crippen molar-refractivity contribution in [1.82, 2.24) is 20.3 Å². The second-order valence-electron chi connectivity index (χ2n) is 4.29. The lowest BCUT2D eigenvalue weighted by Crippen LogP contribution is -2.36. The summed E-state index contributed by atoms with van der Waals surface area (Å²) in [5, 5.41) is 19.8. The van der Waals surface area contributed by atoms with E-state index in [1.165, 1.54) is 4.68 Å². The van der Waals surface area contributed by atoms with Crippen LogP contribution in [0.15, 0.2) is 6.20 Å². The largest absolute Gasteiger partial charge is 0.465 e. The van der Waals surface area contributed by atoms with E-state index in [1.807, 2.05) is 13.8 Å². The molecule has 108 valence electrons. The molecule has 0 aromatic carbocycles. The summed E-state index contributed by atoms with van der Waals surface area (Å²) in [6.07, 6.45) is 2.54. The number of nitrogens with one attached hydrogen (secondary N) is 1. The lowest BCUT2D eigenvalue weighted by Gasteiger charge is -2.19. The zero-order valence-corrected chi connectivity index (χ0v) is 11.7. The number of carbonyl (C=O) groups excluding carboxylic acids is 1. The predicted octanol–water partition coefficient (Wildman–Crippen LogP) is 0.263. The van der Waals surface area contributed by atoms with E-state index in [9.17, 15) is 4.79 Å². The van der Waals surface area contributed by atoms with E-state index in [-0.39, 0.29) is 18.6 Å². The minimum atomic E-state index is -0.623. The standard InChI is InChI=1S/C12H22N4O3/c1-4-9(3)13-11(12(18)19-5-2)10-8-16(6-7-17)15-14-10/h8-9,11,13,17H,4-7H2,1-3H3. The first-order valence-electron chi connectivity index (χ1n) is 6.55. The van der Waals surface area contributed by atoms with Crippen molar-refractivity contribution in [1.29, 1.82) is 0 Å². The highest BCUT2D eigenvalue weighted by atomic mass is 16.5. The van der Waals surface area contributed by atoms with Gasteiger partial charge in [0.1, 0.15) is 5.69 Å². The zero-order chi connectivity index (χ0) is 14.3. The number of ether oxygens (including phenoxy) is 1. The molecule has 0 bridgehead atoms. The molecule has 0 fully saturated rings. The fourth-order valence-electron chi connectivity index (χ4n) is 1.56. The number of hydrogen-bond acceptors (Lipinski definition) is 6. The number of aromatic nitrogens is 3. The van der Waals surface area contributed by atoms with Crippen LogP contribution in [-0.4, -0.2) is 45.3 Å². The molecule has 2 atom stereocenters. The summed E-state index contributed by atoms with van der Waals surface area (Å²) in [5.74, 6) is -0.362. The zero-order valence-electron chi connectivity index (χ0n) is 11.7. The van der Waals surface area contributed by atoms with Gasteiger partial charge in [0.05, 0.1) is 26.0 Å². The Bertz CT molecular complexity index is 394. The molecule has 19 heavy (non-hydrogen) atoms. The quantitative estimate of drug-likeness (QED) is 0.659. The van der Waals surface area contributed by atoms with E-state index >= 15 is 0 Å². The van der Waals surface area contributed by atoms with Crippen LogP contribution in [0.2, 0.25) is 0 Å². The first-order chi connectivity index (χ1) is 9.12. The van der Waals surface area contributed by atoms with Gasteiger partial charge in [0.25, 0.3) is 0 Å². The molecule has 1 heterocycles. The van der Waals surface area contributed by atoms with E-state index in [2.05, 4.69) is 15.6 Å². The molecule has 0 aliphatic heterocycles. The van der Waals surface area contributed by atoms with Crippen LogP contribution in [-0.2, 0) is 16.1 Å². The number of carbonyl (C=O) groups is 1. The van der Waals surface area contributed by atoms with Gasteiger partial charge in [-0.3, -0.25) is 5.32 Å². The molecule has 0 radical (unpaired) electrons. The number of nitrogens with zero attached hydrogens (tertiary/aromatic N) is 3. The average Bonchev–Trinajstić information content (AvgIpc) is 2.84. The molecule has 1 rings (SSSR count).